The molecule has 3 unspecified atom stereocenters. The van der Waals surface area contributed by atoms with E-state index in [1.54, 1.807) is 0 Å². The number of ether oxygens (including phenoxy) is 1. The van der Waals surface area contributed by atoms with Gasteiger partial charge < -0.3 is 19.8 Å². The fourth-order valence-electron chi connectivity index (χ4n) is 2.51. The van der Waals surface area contributed by atoms with E-state index in [0.29, 0.717) is 4.57 Å². The van der Waals surface area contributed by atoms with E-state index >= 15 is 0 Å². The first-order chi connectivity index (χ1) is 15.7. The number of phosphoric acid groups is 3. The van der Waals surface area contributed by atoms with Crippen LogP contribution in [0.2, 0.25) is 0 Å². The van der Waals surface area contributed by atoms with Gasteiger partial charge in [0, 0.05) is 12.3 Å². The van der Waals surface area contributed by atoms with Crippen LogP contribution in [0.4, 0.5) is 0 Å². The van der Waals surface area contributed by atoms with Crippen LogP contribution in [0.5, 0.6) is 0 Å². The summed E-state index contributed by atoms with van der Waals surface area (Å²) in [6.07, 6.45) is 0.627. The predicted octanol–water partition coefficient (Wildman–Crippen LogP) is -2.80. The Morgan fingerprint density at radius 2 is 1.79 bits per heavy atom. The van der Waals surface area contributed by atoms with E-state index in [9.17, 15) is 33.5 Å². The Morgan fingerprint density at radius 3 is 2.29 bits per heavy atom. The first-order valence-electron chi connectivity index (χ1n) is 8.29. The van der Waals surface area contributed by atoms with Gasteiger partial charge in [-0.2, -0.15) is 8.62 Å². The van der Waals surface area contributed by atoms with Crippen molar-refractivity contribution in [2.75, 3.05) is 6.61 Å². The van der Waals surface area contributed by atoms with Crippen molar-refractivity contribution in [3.8, 4) is 12.3 Å². The number of hydrogen-bond donors (Lipinski definition) is 7. The largest absolute Gasteiger partial charge is 0.509 e. The average molecular weight is 553 g/mol. The SMILES string of the molecule is C#C[C@@]1(O)[C@H](O)[C@@H](COP(=O)(ON)OP(=O)(ON)OP(=O)(O)ON)O[C@H]1n1ccc(=O)[nH]c1=O. The summed E-state index contributed by atoms with van der Waals surface area (Å²) >= 11 is 0. The molecule has 1 aliphatic rings. The maximum atomic E-state index is 12.5. The number of aliphatic hydroxyl groups excluding tert-OH is 1. The lowest BCUT2D eigenvalue weighted by Crippen LogP contribution is -2.48. The summed E-state index contributed by atoms with van der Waals surface area (Å²) in [4.78, 5) is 34.3. The number of rotatable bonds is 11. The molecular weight excluding hydrogens is 535 g/mol. The van der Waals surface area contributed by atoms with Crippen molar-refractivity contribution in [3.63, 3.8) is 0 Å². The molecule has 192 valence electrons. The first-order valence-corrected chi connectivity index (χ1v) is 12.7. The molecule has 0 saturated carbocycles. The Kier molecular flexibility index (Phi) is 8.91. The number of hydrogen-bond acceptors (Lipinski definition) is 17. The molecule has 23 heteroatoms. The van der Waals surface area contributed by atoms with Crippen LogP contribution in [0.25, 0.3) is 0 Å². The number of H-pyrrole nitrogens is 1. The molecule has 20 nitrogen and oxygen atoms in total. The van der Waals surface area contributed by atoms with E-state index < -0.39 is 65.4 Å². The highest BCUT2D eigenvalue weighted by Crippen LogP contribution is 2.70. The number of nitrogens with zero attached hydrogens (tertiary/aromatic N) is 1. The number of aromatic nitrogens is 2. The van der Waals surface area contributed by atoms with Gasteiger partial charge >= 0.3 is 29.2 Å². The van der Waals surface area contributed by atoms with E-state index in [1.807, 2.05) is 10.9 Å². The minimum Gasteiger partial charge on any atom is -0.386 e. The summed E-state index contributed by atoms with van der Waals surface area (Å²) in [6.45, 7) is -1.07. The molecule has 1 aromatic rings. The molecule has 0 aromatic carbocycles. The molecule has 1 aliphatic heterocycles. The summed E-state index contributed by atoms with van der Waals surface area (Å²) in [5.74, 6) is 15.7. The van der Waals surface area contributed by atoms with Gasteiger partial charge in [-0.25, -0.2) is 50.1 Å². The topological polar surface area (TPSA) is 309 Å². The molecule has 10 N–H and O–H groups in total. The van der Waals surface area contributed by atoms with E-state index in [4.69, 9.17) is 26.5 Å². The zero-order chi connectivity index (χ0) is 25.9. The van der Waals surface area contributed by atoms with Crippen LogP contribution in [0.3, 0.4) is 0 Å². The van der Waals surface area contributed by atoms with Crippen molar-refractivity contribution in [3.05, 3.63) is 33.1 Å². The van der Waals surface area contributed by atoms with Crippen molar-refractivity contribution in [1.82, 2.24) is 9.55 Å². The Morgan fingerprint density at radius 1 is 1.18 bits per heavy atom. The van der Waals surface area contributed by atoms with Crippen LogP contribution >= 0.6 is 23.5 Å². The normalized spacial score (nSPS) is 30.1. The third-order valence-corrected chi connectivity index (χ3v) is 8.48. The smallest absolute Gasteiger partial charge is 0.386 e. The lowest BCUT2D eigenvalue weighted by molar-refractivity contribution is -0.0763. The van der Waals surface area contributed by atoms with E-state index in [2.05, 4.69) is 34.3 Å². The molecule has 0 radical (unpaired) electrons. The highest BCUT2D eigenvalue weighted by Gasteiger charge is 2.57. The van der Waals surface area contributed by atoms with Crippen molar-refractivity contribution in [1.29, 1.82) is 0 Å². The summed E-state index contributed by atoms with van der Waals surface area (Å²) in [6, 6.07) is 0.886. The van der Waals surface area contributed by atoms with Gasteiger partial charge in [0.1, 0.15) is 12.2 Å². The van der Waals surface area contributed by atoms with Crippen LogP contribution in [0, 0.1) is 12.3 Å². The number of terminal acetylenes is 1. The Labute approximate surface area is 188 Å². The zero-order valence-electron chi connectivity index (χ0n) is 16.4. The molecule has 0 aliphatic carbocycles. The van der Waals surface area contributed by atoms with Gasteiger partial charge in [-0.1, -0.05) is 5.92 Å². The maximum Gasteiger partial charge on any atom is 0.509 e. The van der Waals surface area contributed by atoms with Crippen LogP contribution < -0.4 is 28.9 Å². The van der Waals surface area contributed by atoms with Gasteiger partial charge in [0.05, 0.1) is 6.61 Å². The third-order valence-electron chi connectivity index (χ3n) is 4.01. The van der Waals surface area contributed by atoms with Crippen LogP contribution in [0.1, 0.15) is 6.23 Å². The van der Waals surface area contributed by atoms with E-state index in [-0.39, 0.29) is 0 Å². The second-order valence-corrected chi connectivity index (χ2v) is 11.0. The standard InChI is InChI=1S/C11H18N5O15P3/c1-2-11(20)8(18)6(26-9(11)16-4-3-7(17)15-10(16)19)5-25-33(23,28-13)31-34(24,29-14)30-32(21,22)27-12/h1,3-4,6,8-9,18,20H,5,12-14H2,(H,21,22)(H,15,17,19)/t6-,8-,9-,11-,33?,34?/m1/s1. The van der Waals surface area contributed by atoms with Gasteiger partial charge in [-0.05, 0) is 0 Å². The summed E-state index contributed by atoms with van der Waals surface area (Å²) in [5, 5.41) is 21.1. The molecule has 0 bridgehead atoms. The quantitative estimate of drug-likeness (QED) is 0.0826. The molecule has 2 heterocycles. The van der Waals surface area contributed by atoms with Crippen LogP contribution in [-0.2, 0) is 45.5 Å². The number of nitrogens with two attached hydrogens (primary N) is 3. The van der Waals surface area contributed by atoms with Gasteiger partial charge in [0.2, 0.25) is 0 Å². The van der Waals surface area contributed by atoms with Crippen molar-refractivity contribution in [2.45, 2.75) is 24.0 Å². The average Bonchev–Trinajstić information content (AvgIpc) is 3.03. The third kappa shape index (κ3) is 6.15. The minimum absolute atomic E-state index is 0.635. The molecule has 1 saturated heterocycles. The molecular formula is C11H18N5O15P3. The minimum atomic E-state index is -5.45. The van der Waals surface area contributed by atoms with Crippen molar-refractivity contribution >= 4 is 23.5 Å². The van der Waals surface area contributed by atoms with Crippen molar-refractivity contribution in [2.24, 2.45) is 17.7 Å². The second-order valence-electron chi connectivity index (χ2n) is 6.10. The predicted molar refractivity (Wildman–Crippen MR) is 104 cm³/mol. The van der Waals surface area contributed by atoms with Gasteiger partial charge in [-0.3, -0.25) is 18.9 Å². The van der Waals surface area contributed by atoms with Gasteiger partial charge in [0.15, 0.2) is 11.8 Å². The molecule has 2 rings (SSSR count). The molecule has 0 spiro atoms. The van der Waals surface area contributed by atoms with Gasteiger partial charge in [-0.15, -0.1) is 6.42 Å². The Hall–Kier alpha value is -1.59. The highest BCUT2D eigenvalue weighted by molar-refractivity contribution is 7.67. The Balaban J connectivity index is 2.25. The second kappa shape index (κ2) is 10.6. The fourth-order valence-corrected chi connectivity index (χ4v) is 6.08. The lowest BCUT2D eigenvalue weighted by Gasteiger charge is -2.26. The summed E-state index contributed by atoms with van der Waals surface area (Å²) in [7, 11) is -16.0. The highest BCUT2D eigenvalue weighted by atomic mass is 31.3. The first kappa shape index (κ1) is 28.6. The van der Waals surface area contributed by atoms with Crippen molar-refractivity contribution < 1.29 is 60.6 Å². The molecule has 34 heavy (non-hydrogen) atoms. The monoisotopic (exact) mass is 553 g/mol. The van der Waals surface area contributed by atoms with Crippen LogP contribution in [-0.4, -0.2) is 49.1 Å². The summed E-state index contributed by atoms with van der Waals surface area (Å²) in [5.41, 5.74) is -4.46. The van der Waals surface area contributed by atoms with Crippen LogP contribution in [0.15, 0.2) is 21.9 Å². The van der Waals surface area contributed by atoms with E-state index in [1.165, 1.54) is 0 Å². The fraction of sp³-hybridized carbons (Fsp3) is 0.455. The summed E-state index contributed by atoms with van der Waals surface area (Å²) < 4.78 is 66.0. The van der Waals surface area contributed by atoms with Gasteiger partial charge in [0.25, 0.3) is 5.56 Å². The number of aliphatic hydroxyl groups is 2. The Bertz CT molecular complexity index is 1200. The van der Waals surface area contributed by atoms with E-state index in [0.717, 1.165) is 12.3 Å². The number of nitrogens with one attached hydrogen (secondary N) is 1. The molecule has 7 atom stereocenters. The molecule has 1 aromatic heterocycles. The lowest BCUT2D eigenvalue weighted by atomic mass is 9.95. The molecule has 1 fully saturated rings. The number of aromatic amines is 1. The molecule has 0 amide bonds. The zero-order valence-corrected chi connectivity index (χ0v) is 19.1. The maximum absolute atomic E-state index is 12.5.